The van der Waals surface area contributed by atoms with E-state index in [4.69, 9.17) is 23.2 Å². The lowest BCUT2D eigenvalue weighted by Gasteiger charge is -2.44. The van der Waals surface area contributed by atoms with E-state index in [9.17, 15) is 4.79 Å². The minimum absolute atomic E-state index is 0.0392. The normalized spacial score (nSPS) is 21.7. The molecule has 1 saturated carbocycles. The summed E-state index contributed by atoms with van der Waals surface area (Å²) < 4.78 is 0. The summed E-state index contributed by atoms with van der Waals surface area (Å²) in [5.74, 6) is 0.0392. The molecular weight excluding hydrogens is 331 g/mol. The number of hydrogen-bond acceptors (Lipinski definition) is 2. The molecule has 0 aliphatic heterocycles. The predicted octanol–water partition coefficient (Wildman–Crippen LogP) is 4.72. The van der Waals surface area contributed by atoms with Crippen molar-refractivity contribution in [2.45, 2.75) is 57.7 Å². The second-order valence-corrected chi connectivity index (χ2v) is 7.63. The second-order valence-electron chi connectivity index (χ2n) is 6.82. The van der Waals surface area contributed by atoms with Crippen molar-refractivity contribution in [3.8, 4) is 0 Å². The Balaban J connectivity index is 2.32. The Morgan fingerprint density at radius 2 is 1.70 bits per heavy atom. The van der Waals surface area contributed by atoms with Crippen LogP contribution in [0.4, 0.5) is 0 Å². The van der Waals surface area contributed by atoms with Gasteiger partial charge in [0.2, 0.25) is 0 Å². The Morgan fingerprint density at radius 1 is 1.09 bits per heavy atom. The maximum absolute atomic E-state index is 13.1. The van der Waals surface area contributed by atoms with Crippen molar-refractivity contribution in [3.05, 3.63) is 33.8 Å². The lowest BCUT2D eigenvalue weighted by Crippen LogP contribution is -2.55. The quantitative estimate of drug-likeness (QED) is 0.779. The van der Waals surface area contributed by atoms with Crippen molar-refractivity contribution in [2.24, 2.45) is 0 Å². The lowest BCUT2D eigenvalue weighted by atomic mass is 9.87. The van der Waals surface area contributed by atoms with Crippen LogP contribution in [0.5, 0.6) is 0 Å². The molecule has 2 rings (SSSR count). The molecule has 1 aliphatic rings. The highest BCUT2D eigenvalue weighted by atomic mass is 35.5. The molecule has 0 bridgehead atoms. The van der Waals surface area contributed by atoms with Gasteiger partial charge in [0.25, 0.3) is 5.91 Å². The Hall–Kier alpha value is -0.770. The van der Waals surface area contributed by atoms with Gasteiger partial charge in [-0.15, -0.1) is 0 Å². The standard InChI is InChI=1S/C18H26Cl2N2O/c1-12(2)22(17-8-6-5-7-16(17)21(3)4)18(23)13-9-10-14(19)15(20)11-13/h9-12,16-17H,5-8H2,1-4H3/t16-,17-/m1/s1. The highest BCUT2D eigenvalue weighted by Crippen LogP contribution is 2.30. The van der Waals surface area contributed by atoms with Crippen LogP contribution in [0.15, 0.2) is 18.2 Å². The average Bonchev–Trinajstić information content (AvgIpc) is 2.50. The largest absolute Gasteiger partial charge is 0.332 e. The number of benzene rings is 1. The molecule has 0 saturated heterocycles. The maximum atomic E-state index is 13.1. The van der Waals surface area contributed by atoms with Crippen LogP contribution in [0, 0.1) is 0 Å². The van der Waals surface area contributed by atoms with Crippen LogP contribution in [-0.4, -0.2) is 47.9 Å². The van der Waals surface area contributed by atoms with E-state index in [1.807, 2.05) is 4.90 Å². The third-order valence-electron chi connectivity index (χ3n) is 4.67. The van der Waals surface area contributed by atoms with Crippen LogP contribution < -0.4 is 0 Å². The molecule has 1 fully saturated rings. The smallest absolute Gasteiger partial charge is 0.254 e. The van der Waals surface area contributed by atoms with Gasteiger partial charge >= 0.3 is 0 Å². The number of hydrogen-bond donors (Lipinski definition) is 0. The van der Waals surface area contributed by atoms with E-state index < -0.39 is 0 Å². The molecule has 23 heavy (non-hydrogen) atoms. The molecule has 5 heteroatoms. The first-order valence-electron chi connectivity index (χ1n) is 8.27. The first-order chi connectivity index (χ1) is 10.8. The van der Waals surface area contributed by atoms with E-state index in [2.05, 4.69) is 32.8 Å². The van der Waals surface area contributed by atoms with Crippen LogP contribution in [0.1, 0.15) is 49.9 Å². The number of carbonyl (C=O) groups excluding carboxylic acids is 1. The third kappa shape index (κ3) is 4.20. The summed E-state index contributed by atoms with van der Waals surface area (Å²) in [4.78, 5) is 17.4. The minimum atomic E-state index is 0.0392. The summed E-state index contributed by atoms with van der Waals surface area (Å²) in [5, 5.41) is 0.900. The van der Waals surface area contributed by atoms with E-state index in [1.54, 1.807) is 18.2 Å². The molecule has 0 unspecified atom stereocenters. The monoisotopic (exact) mass is 356 g/mol. The van der Waals surface area contributed by atoms with Crippen molar-refractivity contribution in [2.75, 3.05) is 14.1 Å². The first kappa shape index (κ1) is 18.6. The van der Waals surface area contributed by atoms with Crippen LogP contribution in [-0.2, 0) is 0 Å². The van der Waals surface area contributed by atoms with Crippen molar-refractivity contribution < 1.29 is 4.79 Å². The van der Waals surface area contributed by atoms with Gasteiger partial charge in [0.15, 0.2) is 0 Å². The van der Waals surface area contributed by atoms with Crippen LogP contribution in [0.2, 0.25) is 10.0 Å². The van der Waals surface area contributed by atoms with Crippen LogP contribution >= 0.6 is 23.2 Å². The first-order valence-corrected chi connectivity index (χ1v) is 9.02. The molecule has 3 nitrogen and oxygen atoms in total. The Kier molecular flexibility index (Phi) is 6.35. The molecule has 128 valence electrons. The number of rotatable bonds is 4. The summed E-state index contributed by atoms with van der Waals surface area (Å²) in [7, 11) is 4.20. The highest BCUT2D eigenvalue weighted by molar-refractivity contribution is 6.42. The molecule has 1 aromatic carbocycles. The molecule has 0 aromatic heterocycles. The Morgan fingerprint density at radius 3 is 2.22 bits per heavy atom. The molecular formula is C18H26Cl2N2O. The van der Waals surface area contributed by atoms with Gasteiger partial charge in [-0.3, -0.25) is 4.79 Å². The van der Waals surface area contributed by atoms with E-state index in [0.29, 0.717) is 21.7 Å². The summed E-state index contributed by atoms with van der Waals surface area (Å²) in [6, 6.07) is 5.91. The fourth-order valence-electron chi connectivity index (χ4n) is 3.56. The zero-order valence-electron chi connectivity index (χ0n) is 14.4. The van der Waals surface area contributed by atoms with Crippen LogP contribution in [0.3, 0.4) is 0 Å². The van der Waals surface area contributed by atoms with Gasteiger partial charge in [-0.1, -0.05) is 36.0 Å². The van der Waals surface area contributed by atoms with E-state index in [-0.39, 0.29) is 18.0 Å². The molecule has 1 amide bonds. The Labute approximate surface area is 149 Å². The van der Waals surface area contributed by atoms with Gasteiger partial charge in [-0.05, 0) is 59.0 Å². The zero-order chi connectivity index (χ0) is 17.1. The van der Waals surface area contributed by atoms with Gasteiger partial charge in [0.1, 0.15) is 0 Å². The van der Waals surface area contributed by atoms with Crippen LogP contribution in [0.25, 0.3) is 0 Å². The third-order valence-corrected chi connectivity index (χ3v) is 5.41. The summed E-state index contributed by atoms with van der Waals surface area (Å²) in [5.41, 5.74) is 0.608. The molecule has 0 heterocycles. The van der Waals surface area contributed by atoms with E-state index in [0.717, 1.165) is 12.8 Å². The molecule has 1 aliphatic carbocycles. The Bertz CT molecular complexity index is 560. The topological polar surface area (TPSA) is 23.6 Å². The second kappa shape index (κ2) is 7.87. The zero-order valence-corrected chi connectivity index (χ0v) is 15.9. The van der Waals surface area contributed by atoms with E-state index in [1.165, 1.54) is 12.8 Å². The lowest BCUT2D eigenvalue weighted by molar-refractivity contribution is 0.0357. The maximum Gasteiger partial charge on any atom is 0.254 e. The number of likely N-dealkylation sites (N-methyl/N-ethyl adjacent to an activating group) is 1. The van der Waals surface area contributed by atoms with Crippen molar-refractivity contribution in [1.82, 2.24) is 9.80 Å². The molecule has 2 atom stereocenters. The van der Waals surface area contributed by atoms with E-state index >= 15 is 0 Å². The summed E-state index contributed by atoms with van der Waals surface area (Å²) in [6.07, 6.45) is 4.59. The fourth-order valence-corrected chi connectivity index (χ4v) is 3.86. The SMILES string of the molecule is CC(C)N(C(=O)c1ccc(Cl)c(Cl)c1)[C@@H]1CCCC[C@H]1N(C)C. The van der Waals surface area contributed by atoms with Crippen molar-refractivity contribution in [3.63, 3.8) is 0 Å². The van der Waals surface area contributed by atoms with Crippen molar-refractivity contribution >= 4 is 29.1 Å². The number of carbonyl (C=O) groups is 1. The fraction of sp³-hybridized carbons (Fsp3) is 0.611. The van der Waals surface area contributed by atoms with Gasteiger partial charge in [0, 0.05) is 23.7 Å². The van der Waals surface area contributed by atoms with Gasteiger partial charge in [0.05, 0.1) is 10.0 Å². The number of nitrogens with zero attached hydrogens (tertiary/aromatic N) is 2. The number of amides is 1. The van der Waals surface area contributed by atoms with Gasteiger partial charge in [-0.2, -0.15) is 0 Å². The summed E-state index contributed by atoms with van der Waals surface area (Å²) in [6.45, 7) is 4.16. The highest BCUT2D eigenvalue weighted by Gasteiger charge is 2.35. The molecule has 0 radical (unpaired) electrons. The molecule has 0 N–H and O–H groups in total. The van der Waals surface area contributed by atoms with Crippen molar-refractivity contribution in [1.29, 1.82) is 0 Å². The molecule has 0 spiro atoms. The predicted molar refractivity (Wildman–Crippen MR) is 97.5 cm³/mol. The van der Waals surface area contributed by atoms with Gasteiger partial charge in [-0.25, -0.2) is 0 Å². The minimum Gasteiger partial charge on any atom is -0.332 e. The average molecular weight is 357 g/mol. The van der Waals surface area contributed by atoms with Gasteiger partial charge < -0.3 is 9.80 Å². The molecule has 1 aromatic rings. The number of halogens is 2. The summed E-state index contributed by atoms with van der Waals surface area (Å²) >= 11 is 12.1.